The molecule has 0 saturated heterocycles. The third-order valence-corrected chi connectivity index (χ3v) is 3.01. The van der Waals surface area contributed by atoms with Gasteiger partial charge in [0.2, 0.25) is 5.88 Å². The van der Waals surface area contributed by atoms with Gasteiger partial charge in [-0.05, 0) is 39.0 Å². The number of nitrogens with two attached hydrogens (primary N) is 1. The Morgan fingerprint density at radius 2 is 1.90 bits per heavy atom. The van der Waals surface area contributed by atoms with Crippen LogP contribution in [0.3, 0.4) is 0 Å². The van der Waals surface area contributed by atoms with E-state index in [1.165, 1.54) is 0 Å². The monoisotopic (exact) mass is 272 g/mol. The van der Waals surface area contributed by atoms with E-state index >= 15 is 0 Å². The van der Waals surface area contributed by atoms with E-state index in [1.54, 1.807) is 0 Å². The van der Waals surface area contributed by atoms with E-state index in [2.05, 4.69) is 4.98 Å². The number of pyridine rings is 1. The van der Waals surface area contributed by atoms with Crippen molar-refractivity contribution >= 4 is 5.69 Å². The maximum absolute atomic E-state index is 6.00. The first kappa shape index (κ1) is 14.2. The number of hydrogen-bond acceptors (Lipinski definition) is 4. The highest BCUT2D eigenvalue weighted by Gasteiger charge is 2.10. The molecule has 0 bridgehead atoms. The van der Waals surface area contributed by atoms with Gasteiger partial charge in [-0.3, -0.25) is 0 Å². The van der Waals surface area contributed by atoms with Gasteiger partial charge < -0.3 is 15.2 Å². The number of hydrogen-bond donors (Lipinski definition) is 1. The van der Waals surface area contributed by atoms with Crippen molar-refractivity contribution in [3.8, 4) is 11.6 Å². The Balaban J connectivity index is 2.20. The molecule has 1 heterocycles. The third-order valence-electron chi connectivity index (χ3n) is 3.01. The molecule has 1 aromatic heterocycles. The molecule has 0 aliphatic heterocycles. The summed E-state index contributed by atoms with van der Waals surface area (Å²) in [5.41, 5.74) is 9.46. The van der Waals surface area contributed by atoms with Crippen LogP contribution in [0.15, 0.2) is 30.3 Å². The molecule has 0 aliphatic carbocycles. The molecular formula is C16H20N2O2. The predicted octanol–water partition coefficient (Wildman–Crippen LogP) is 3.26. The number of benzene rings is 1. The van der Waals surface area contributed by atoms with Gasteiger partial charge in [-0.2, -0.15) is 0 Å². The summed E-state index contributed by atoms with van der Waals surface area (Å²) in [4.78, 5) is 4.39. The van der Waals surface area contributed by atoms with Gasteiger partial charge in [0.1, 0.15) is 12.4 Å². The predicted molar refractivity (Wildman–Crippen MR) is 80.1 cm³/mol. The lowest BCUT2D eigenvalue weighted by Crippen LogP contribution is -2.06. The lowest BCUT2D eigenvalue weighted by Gasteiger charge is -2.14. The van der Waals surface area contributed by atoms with Crippen LogP contribution in [0.5, 0.6) is 11.6 Å². The van der Waals surface area contributed by atoms with Gasteiger partial charge in [-0.15, -0.1) is 0 Å². The first-order valence-corrected chi connectivity index (χ1v) is 6.69. The van der Waals surface area contributed by atoms with E-state index in [-0.39, 0.29) is 0 Å². The molecule has 0 spiro atoms. The van der Waals surface area contributed by atoms with Gasteiger partial charge in [0.25, 0.3) is 0 Å². The van der Waals surface area contributed by atoms with Crippen LogP contribution in [0.1, 0.15) is 23.7 Å². The summed E-state index contributed by atoms with van der Waals surface area (Å²) in [6.45, 7) is 6.80. The molecule has 0 unspecified atom stereocenters. The zero-order chi connectivity index (χ0) is 14.5. The minimum absolute atomic E-state index is 0.347. The second-order valence-electron chi connectivity index (χ2n) is 4.62. The largest absolute Gasteiger partial charge is 0.493 e. The number of ether oxygens (including phenoxy) is 2. The lowest BCUT2D eigenvalue weighted by molar-refractivity contribution is 0.276. The first-order valence-electron chi connectivity index (χ1n) is 6.69. The molecule has 0 radical (unpaired) electrons. The van der Waals surface area contributed by atoms with E-state index in [0.29, 0.717) is 24.8 Å². The Labute approximate surface area is 119 Å². The summed E-state index contributed by atoms with van der Waals surface area (Å²) in [5, 5.41) is 0. The van der Waals surface area contributed by atoms with Gasteiger partial charge in [0, 0.05) is 16.9 Å². The van der Waals surface area contributed by atoms with Gasteiger partial charge in [0.15, 0.2) is 0 Å². The van der Waals surface area contributed by atoms with Crippen LogP contribution < -0.4 is 15.2 Å². The smallest absolute Gasteiger partial charge is 0.216 e. The summed E-state index contributed by atoms with van der Waals surface area (Å²) < 4.78 is 11.4. The number of anilines is 1. The number of aryl methyl sites for hydroxylation is 2. The van der Waals surface area contributed by atoms with Crippen molar-refractivity contribution in [2.45, 2.75) is 27.4 Å². The second kappa shape index (κ2) is 6.28. The van der Waals surface area contributed by atoms with E-state index in [0.717, 1.165) is 22.6 Å². The molecule has 4 nitrogen and oxygen atoms in total. The van der Waals surface area contributed by atoms with Crippen LogP contribution in [-0.2, 0) is 6.61 Å². The van der Waals surface area contributed by atoms with Gasteiger partial charge in [0.05, 0.1) is 12.2 Å². The normalized spacial score (nSPS) is 10.3. The molecule has 0 fully saturated rings. The van der Waals surface area contributed by atoms with Crippen molar-refractivity contribution < 1.29 is 9.47 Å². The average molecular weight is 272 g/mol. The molecule has 20 heavy (non-hydrogen) atoms. The number of aromatic nitrogens is 1. The zero-order valence-corrected chi connectivity index (χ0v) is 12.1. The number of nitrogens with zero attached hydrogens (tertiary/aromatic N) is 1. The van der Waals surface area contributed by atoms with Crippen molar-refractivity contribution in [2.75, 3.05) is 12.3 Å². The third kappa shape index (κ3) is 3.20. The highest BCUT2D eigenvalue weighted by atomic mass is 16.5. The van der Waals surface area contributed by atoms with Gasteiger partial charge in [-0.25, -0.2) is 4.98 Å². The Kier molecular flexibility index (Phi) is 4.45. The Morgan fingerprint density at radius 1 is 1.10 bits per heavy atom. The van der Waals surface area contributed by atoms with Gasteiger partial charge in [-0.1, -0.05) is 12.1 Å². The molecule has 0 saturated carbocycles. The van der Waals surface area contributed by atoms with Crippen LogP contribution in [0.2, 0.25) is 0 Å². The second-order valence-corrected chi connectivity index (χ2v) is 4.62. The van der Waals surface area contributed by atoms with Crippen molar-refractivity contribution in [3.05, 3.63) is 47.2 Å². The van der Waals surface area contributed by atoms with Crippen molar-refractivity contribution in [1.82, 2.24) is 4.98 Å². The average Bonchev–Trinajstić information content (AvgIpc) is 2.42. The molecule has 4 heteroatoms. The minimum Gasteiger partial charge on any atom is -0.493 e. The van der Waals surface area contributed by atoms with Crippen LogP contribution in [0, 0.1) is 13.8 Å². The van der Waals surface area contributed by atoms with Crippen molar-refractivity contribution in [3.63, 3.8) is 0 Å². The number of nitrogen functional groups attached to an aromatic ring is 1. The molecule has 2 aromatic rings. The van der Waals surface area contributed by atoms with Crippen LogP contribution in [0.25, 0.3) is 0 Å². The molecular weight excluding hydrogens is 252 g/mol. The highest BCUT2D eigenvalue weighted by Crippen LogP contribution is 2.26. The quantitative estimate of drug-likeness (QED) is 0.849. The fourth-order valence-electron chi connectivity index (χ4n) is 1.92. The topological polar surface area (TPSA) is 57.4 Å². The van der Waals surface area contributed by atoms with E-state index < -0.39 is 0 Å². The van der Waals surface area contributed by atoms with Crippen LogP contribution in [-0.4, -0.2) is 11.6 Å². The zero-order valence-electron chi connectivity index (χ0n) is 12.1. The fourth-order valence-corrected chi connectivity index (χ4v) is 1.92. The summed E-state index contributed by atoms with van der Waals surface area (Å²) in [6.07, 6.45) is 0. The van der Waals surface area contributed by atoms with E-state index in [4.69, 9.17) is 15.2 Å². The first-order chi connectivity index (χ1) is 9.61. The maximum Gasteiger partial charge on any atom is 0.216 e. The van der Waals surface area contributed by atoms with Crippen molar-refractivity contribution in [1.29, 1.82) is 0 Å². The Morgan fingerprint density at radius 3 is 2.65 bits per heavy atom. The van der Waals surface area contributed by atoms with E-state index in [9.17, 15) is 0 Å². The Hall–Kier alpha value is -2.23. The number of rotatable bonds is 5. The maximum atomic E-state index is 6.00. The molecule has 1 aromatic carbocycles. The summed E-state index contributed by atoms with van der Waals surface area (Å²) in [7, 11) is 0. The van der Waals surface area contributed by atoms with Crippen LogP contribution in [0.4, 0.5) is 5.69 Å². The standard InChI is InChI=1S/C16H20N2O2/c1-4-19-15-7-5-6-14(17)13(15)10-20-16-11(2)8-9-12(3)18-16/h5-9H,4,10,17H2,1-3H3. The van der Waals surface area contributed by atoms with Crippen LogP contribution >= 0.6 is 0 Å². The van der Waals surface area contributed by atoms with Gasteiger partial charge >= 0.3 is 0 Å². The minimum atomic E-state index is 0.347. The SMILES string of the molecule is CCOc1cccc(N)c1COc1nc(C)ccc1C. The molecule has 0 aliphatic rings. The molecule has 2 rings (SSSR count). The summed E-state index contributed by atoms with van der Waals surface area (Å²) in [5.74, 6) is 1.40. The molecule has 0 amide bonds. The Bertz CT molecular complexity index is 597. The fraction of sp³-hybridized carbons (Fsp3) is 0.312. The van der Waals surface area contributed by atoms with E-state index in [1.807, 2.05) is 51.1 Å². The lowest BCUT2D eigenvalue weighted by atomic mass is 10.1. The molecule has 106 valence electrons. The molecule has 0 atom stereocenters. The summed E-state index contributed by atoms with van der Waals surface area (Å²) in [6, 6.07) is 9.58. The molecule has 2 N–H and O–H groups in total. The highest BCUT2D eigenvalue weighted by molar-refractivity contribution is 5.54. The summed E-state index contributed by atoms with van der Waals surface area (Å²) >= 11 is 0. The van der Waals surface area contributed by atoms with Crippen molar-refractivity contribution in [2.24, 2.45) is 0 Å².